The Hall–Kier alpha value is -1.90. The van der Waals surface area contributed by atoms with E-state index in [1.54, 1.807) is 24.3 Å². The van der Waals surface area contributed by atoms with Crippen LogP contribution in [0.5, 0.6) is 5.75 Å². The molecule has 1 aromatic carbocycles. The fourth-order valence-electron chi connectivity index (χ4n) is 1.44. The molecule has 4 nitrogen and oxygen atoms in total. The molecule has 0 radical (unpaired) electrons. The zero-order valence-corrected chi connectivity index (χ0v) is 13.2. The lowest BCUT2D eigenvalue weighted by atomic mass is 10.3. The average molecular weight is 369 g/mol. The maximum absolute atomic E-state index is 11.6. The van der Waals surface area contributed by atoms with E-state index in [0.717, 1.165) is 0 Å². The van der Waals surface area contributed by atoms with Crippen molar-refractivity contribution < 1.29 is 13.9 Å². The van der Waals surface area contributed by atoms with Gasteiger partial charge in [-0.2, -0.15) is 0 Å². The molecule has 0 fully saturated rings. The van der Waals surface area contributed by atoms with Gasteiger partial charge >= 0.3 is 0 Å². The van der Waals surface area contributed by atoms with Crippen LogP contribution in [0.4, 0.5) is 0 Å². The summed E-state index contributed by atoms with van der Waals surface area (Å²) in [6.07, 6.45) is 0. The fraction of sp³-hybridized carbons (Fsp3) is 0.133. The van der Waals surface area contributed by atoms with Gasteiger partial charge in [-0.25, -0.2) is 0 Å². The van der Waals surface area contributed by atoms with Gasteiger partial charge in [0.05, 0.1) is 11.6 Å². The van der Waals surface area contributed by atoms with Gasteiger partial charge in [-0.3, -0.25) is 4.79 Å². The highest BCUT2D eigenvalue weighted by Crippen LogP contribution is 2.22. The Morgan fingerprint density at radius 2 is 2.10 bits per heavy atom. The van der Waals surface area contributed by atoms with E-state index in [-0.39, 0.29) is 24.8 Å². The van der Waals surface area contributed by atoms with Crippen LogP contribution >= 0.6 is 27.5 Å². The molecule has 0 saturated heterocycles. The number of carbonyl (C=O) groups is 1. The largest absolute Gasteiger partial charge is 0.479 e. The minimum absolute atomic E-state index is 0.200. The molecule has 0 aliphatic rings. The van der Waals surface area contributed by atoms with Crippen LogP contribution in [-0.2, 0) is 0 Å². The molecule has 0 unspecified atom stereocenters. The molecule has 2 rings (SSSR count). The van der Waals surface area contributed by atoms with Crippen LogP contribution in [0.15, 0.2) is 45.5 Å². The Bertz CT molecular complexity index is 687. The summed E-state index contributed by atoms with van der Waals surface area (Å²) in [5, 5.41) is 3.15. The molecule has 1 amide bonds. The Labute approximate surface area is 135 Å². The lowest BCUT2D eigenvalue weighted by Gasteiger charge is -2.03. The van der Waals surface area contributed by atoms with Gasteiger partial charge in [0.15, 0.2) is 10.4 Å². The van der Waals surface area contributed by atoms with Crippen LogP contribution < -0.4 is 10.1 Å². The highest BCUT2D eigenvalue weighted by molar-refractivity contribution is 9.10. The second kappa shape index (κ2) is 7.77. The lowest BCUT2D eigenvalue weighted by Crippen LogP contribution is -2.23. The van der Waals surface area contributed by atoms with Crippen LogP contribution in [0, 0.1) is 11.8 Å². The maximum Gasteiger partial charge on any atom is 0.287 e. The molecule has 108 valence electrons. The summed E-state index contributed by atoms with van der Waals surface area (Å²) in [7, 11) is 0. The van der Waals surface area contributed by atoms with Crippen molar-refractivity contribution in [3.8, 4) is 17.6 Å². The summed E-state index contributed by atoms with van der Waals surface area (Å²) < 4.78 is 11.0. The molecule has 1 N–H and O–H groups in total. The van der Waals surface area contributed by atoms with Crippen molar-refractivity contribution in [1.82, 2.24) is 5.32 Å². The maximum atomic E-state index is 11.6. The van der Waals surface area contributed by atoms with Crippen molar-refractivity contribution in [2.75, 3.05) is 13.2 Å². The first kappa shape index (κ1) is 15.5. The van der Waals surface area contributed by atoms with Gasteiger partial charge in [0.25, 0.3) is 5.91 Å². The molecule has 0 saturated carbocycles. The third kappa shape index (κ3) is 4.85. The average Bonchev–Trinajstić information content (AvgIpc) is 2.91. The molecule has 0 bridgehead atoms. The number of rotatable bonds is 4. The second-order valence-corrected chi connectivity index (χ2v) is 5.05. The highest BCUT2D eigenvalue weighted by Gasteiger charge is 2.08. The Kier molecular flexibility index (Phi) is 5.73. The summed E-state index contributed by atoms with van der Waals surface area (Å²) in [6.45, 7) is 0.412. The van der Waals surface area contributed by atoms with Crippen LogP contribution in [0.1, 0.15) is 10.6 Å². The molecule has 1 heterocycles. The van der Waals surface area contributed by atoms with E-state index in [1.807, 2.05) is 12.1 Å². The minimum atomic E-state index is -0.318. The Morgan fingerprint density at radius 1 is 1.29 bits per heavy atom. The van der Waals surface area contributed by atoms with E-state index in [0.29, 0.717) is 15.4 Å². The van der Waals surface area contributed by atoms with Gasteiger partial charge in [-0.1, -0.05) is 35.6 Å². The predicted molar refractivity (Wildman–Crippen MR) is 83.5 cm³/mol. The number of carbonyl (C=O) groups excluding carboxylic acids is 1. The van der Waals surface area contributed by atoms with Gasteiger partial charge < -0.3 is 14.5 Å². The van der Waals surface area contributed by atoms with Gasteiger partial charge in [-0.05, 0) is 40.2 Å². The molecule has 21 heavy (non-hydrogen) atoms. The van der Waals surface area contributed by atoms with Gasteiger partial charge in [0, 0.05) is 0 Å². The third-order valence-corrected chi connectivity index (χ3v) is 3.13. The smallest absolute Gasteiger partial charge is 0.287 e. The van der Waals surface area contributed by atoms with Crippen molar-refractivity contribution >= 4 is 33.4 Å². The summed E-state index contributed by atoms with van der Waals surface area (Å²) in [6, 6.07) is 10.4. The van der Waals surface area contributed by atoms with Crippen LogP contribution in [-0.4, -0.2) is 19.1 Å². The van der Waals surface area contributed by atoms with E-state index in [4.69, 9.17) is 20.8 Å². The lowest BCUT2D eigenvalue weighted by molar-refractivity contribution is 0.0930. The number of para-hydroxylation sites is 1. The standard InChI is InChI=1S/C15H11BrClNO3/c16-14-8-7-13(21-14)15(19)18-9-3-4-10-20-12-6-2-1-5-11(12)17/h1-2,5-8H,9-10H2,(H,18,19). The quantitative estimate of drug-likeness (QED) is 0.840. The van der Waals surface area contributed by atoms with Crippen LogP contribution in [0.3, 0.4) is 0 Å². The molecule has 0 spiro atoms. The van der Waals surface area contributed by atoms with E-state index < -0.39 is 0 Å². The monoisotopic (exact) mass is 367 g/mol. The van der Waals surface area contributed by atoms with Crippen molar-refractivity contribution in [1.29, 1.82) is 0 Å². The minimum Gasteiger partial charge on any atom is -0.479 e. The number of nitrogens with one attached hydrogen (secondary N) is 1. The fourth-order valence-corrected chi connectivity index (χ4v) is 1.93. The van der Waals surface area contributed by atoms with Gasteiger partial charge in [-0.15, -0.1) is 0 Å². The van der Waals surface area contributed by atoms with Gasteiger partial charge in [0.1, 0.15) is 12.4 Å². The second-order valence-electron chi connectivity index (χ2n) is 3.86. The number of hydrogen-bond donors (Lipinski definition) is 1. The first-order valence-corrected chi connectivity index (χ1v) is 7.20. The van der Waals surface area contributed by atoms with E-state index in [2.05, 4.69) is 33.1 Å². The molecular weight excluding hydrogens is 358 g/mol. The van der Waals surface area contributed by atoms with Crippen molar-refractivity contribution in [3.05, 3.63) is 51.9 Å². The Balaban J connectivity index is 1.72. The topological polar surface area (TPSA) is 51.5 Å². The first-order valence-electron chi connectivity index (χ1n) is 6.03. The van der Waals surface area contributed by atoms with E-state index >= 15 is 0 Å². The third-order valence-electron chi connectivity index (χ3n) is 2.40. The normalized spacial score (nSPS) is 9.62. The van der Waals surface area contributed by atoms with Crippen LogP contribution in [0.25, 0.3) is 0 Å². The predicted octanol–water partition coefficient (Wildman–Crippen LogP) is 3.51. The molecule has 0 aliphatic carbocycles. The summed E-state index contributed by atoms with van der Waals surface area (Å²) in [4.78, 5) is 11.6. The molecule has 2 aromatic rings. The molecule has 1 aromatic heterocycles. The SMILES string of the molecule is O=C(NCC#CCOc1ccccc1Cl)c1ccc(Br)o1. The molecule has 0 aliphatic heterocycles. The van der Waals surface area contributed by atoms with Gasteiger partial charge in [0.2, 0.25) is 0 Å². The molecular formula is C15H11BrClNO3. The van der Waals surface area contributed by atoms with Crippen molar-refractivity contribution in [3.63, 3.8) is 0 Å². The summed E-state index contributed by atoms with van der Waals surface area (Å²) in [5.74, 6) is 6.06. The number of amides is 1. The summed E-state index contributed by atoms with van der Waals surface area (Å²) in [5.41, 5.74) is 0. The van der Waals surface area contributed by atoms with E-state index in [1.165, 1.54) is 0 Å². The highest BCUT2D eigenvalue weighted by atomic mass is 79.9. The number of halogens is 2. The van der Waals surface area contributed by atoms with E-state index in [9.17, 15) is 4.79 Å². The molecule has 6 heteroatoms. The molecule has 0 atom stereocenters. The van der Waals surface area contributed by atoms with Crippen molar-refractivity contribution in [2.24, 2.45) is 0 Å². The number of furan rings is 1. The first-order chi connectivity index (χ1) is 10.2. The zero-order valence-electron chi connectivity index (χ0n) is 10.9. The van der Waals surface area contributed by atoms with Crippen LogP contribution in [0.2, 0.25) is 5.02 Å². The number of ether oxygens (including phenoxy) is 1. The summed E-state index contributed by atoms with van der Waals surface area (Å²) >= 11 is 9.06. The Morgan fingerprint density at radius 3 is 2.81 bits per heavy atom. The van der Waals surface area contributed by atoms with Crippen molar-refractivity contribution in [2.45, 2.75) is 0 Å². The number of hydrogen-bond acceptors (Lipinski definition) is 3. The zero-order chi connectivity index (χ0) is 15.1. The number of benzene rings is 1.